The van der Waals surface area contributed by atoms with Crippen molar-refractivity contribution < 1.29 is 56.2 Å². The molecule has 0 amide bonds. The van der Waals surface area contributed by atoms with Crippen molar-refractivity contribution in [1.82, 2.24) is 14.9 Å². The van der Waals surface area contributed by atoms with E-state index in [2.05, 4.69) is 15.3 Å². The topological polar surface area (TPSA) is 195 Å². The van der Waals surface area contributed by atoms with Gasteiger partial charge in [0.15, 0.2) is 5.82 Å². The van der Waals surface area contributed by atoms with Gasteiger partial charge >= 0.3 is 16.8 Å². The van der Waals surface area contributed by atoms with Crippen LogP contribution in [0.5, 0.6) is 5.75 Å². The molecule has 12 heteroatoms. The first-order chi connectivity index (χ1) is 10.3. The van der Waals surface area contributed by atoms with Crippen LogP contribution < -0.4 is 17.5 Å². The molecule has 0 aliphatic rings. The molecular weight excluding hydrogens is 443 g/mol. The molecule has 9 nitrogen and oxygen atoms in total. The summed E-state index contributed by atoms with van der Waals surface area (Å²) in [7, 11) is 0. The van der Waals surface area contributed by atoms with Crippen LogP contribution in [0.4, 0.5) is 0 Å². The molecule has 9 N–H and O–H groups in total. The Morgan fingerprint density at radius 3 is 2.11 bits per heavy atom. The molecule has 0 aliphatic carbocycles. The fourth-order valence-corrected chi connectivity index (χ4v) is 2.06. The Hall–Kier alpha value is -2.09. The third-order valence-corrected chi connectivity index (χ3v) is 3.18. The second kappa shape index (κ2) is 15.0. The minimum Gasteiger partial charge on any atom is -1.00 e. The second-order valence-electron chi connectivity index (χ2n) is 4.31. The Morgan fingerprint density at radius 2 is 1.52 bits per heavy atom. The van der Waals surface area contributed by atoms with E-state index in [-0.39, 0.29) is 56.8 Å². The average molecular weight is 462 g/mol. The maximum Gasteiger partial charge on any atom is 2.00 e. The summed E-state index contributed by atoms with van der Waals surface area (Å²) < 4.78 is 1.87. The van der Waals surface area contributed by atoms with E-state index in [0.717, 1.165) is 5.56 Å². The molecule has 1 aromatic heterocycles. The van der Waals surface area contributed by atoms with Crippen molar-refractivity contribution in [2.75, 3.05) is 0 Å². The van der Waals surface area contributed by atoms with Crippen molar-refractivity contribution in [2.24, 2.45) is 5.10 Å². The van der Waals surface area contributed by atoms with E-state index < -0.39 is 0 Å². The quantitative estimate of drug-likeness (QED) is 0.309. The zero-order chi connectivity index (χ0) is 14.7. The number of hydrogen-bond acceptors (Lipinski definition) is 4. The molecule has 151 valence electrons. The average Bonchev–Trinajstić information content (AvgIpc) is 2.88. The van der Waals surface area contributed by atoms with Gasteiger partial charge in [-0.05, 0) is 17.8 Å². The normalized spacial score (nSPS) is 8.59. The van der Waals surface area contributed by atoms with E-state index in [4.69, 9.17) is 12.2 Å². The zero-order valence-electron chi connectivity index (χ0n) is 13.6. The van der Waals surface area contributed by atoms with Crippen LogP contribution in [-0.2, 0) is 16.8 Å². The van der Waals surface area contributed by atoms with Crippen molar-refractivity contribution in [1.29, 1.82) is 0 Å². The monoisotopic (exact) mass is 461 g/mol. The minimum absolute atomic E-state index is 0. The van der Waals surface area contributed by atoms with E-state index >= 15 is 0 Å². The number of nitrogens with one attached hydrogen (secondary N) is 1. The summed E-state index contributed by atoms with van der Waals surface area (Å²) in [5.74, 6) is 0.512. The van der Waals surface area contributed by atoms with Gasteiger partial charge in [-0.3, -0.25) is 0 Å². The molecule has 2 aromatic carbocycles. The third-order valence-electron chi connectivity index (χ3n) is 2.91. The zero-order valence-corrected chi connectivity index (χ0v) is 16.3. The summed E-state index contributed by atoms with van der Waals surface area (Å²) in [6.07, 6.45) is 1.49. The number of aromatic nitrogens is 3. The van der Waals surface area contributed by atoms with Gasteiger partial charge in [-0.15, -0.1) is 0 Å². The van der Waals surface area contributed by atoms with Gasteiger partial charge in [0, 0.05) is 5.56 Å². The molecule has 3 aromatic rings. The van der Waals surface area contributed by atoms with Crippen molar-refractivity contribution in [3.63, 3.8) is 0 Å². The molecule has 0 aliphatic heterocycles. The first kappa shape index (κ1) is 32.6. The number of H-pyrrole nitrogens is 1. The summed E-state index contributed by atoms with van der Waals surface area (Å²) in [4.78, 5) is 0. The Morgan fingerprint density at radius 1 is 0.963 bits per heavy atom. The molecule has 3 rings (SSSR count). The maximum absolute atomic E-state index is 11.7. The molecule has 0 unspecified atom stereocenters. The summed E-state index contributed by atoms with van der Waals surface area (Å²) in [5, 5.41) is 22.8. The van der Waals surface area contributed by atoms with E-state index in [1.165, 1.54) is 17.0 Å². The van der Waals surface area contributed by atoms with Gasteiger partial charge in [-0.25, -0.2) is 5.10 Å². The molecule has 1 radical (unpaired) electrons. The smallest absolute Gasteiger partial charge is 1.00 e. The van der Waals surface area contributed by atoms with E-state index in [9.17, 15) is 5.11 Å². The second-order valence-corrected chi connectivity index (χ2v) is 4.70. The summed E-state index contributed by atoms with van der Waals surface area (Å²) in [6, 6.07) is 16.3. The Kier molecular flexibility index (Phi) is 18.1. The molecule has 0 saturated carbocycles. The Bertz CT molecular complexity index is 861. The van der Waals surface area contributed by atoms with Crippen molar-refractivity contribution >= 4 is 18.4 Å². The number of nitrogens with zero attached hydrogens (tertiary/aromatic N) is 3. The summed E-state index contributed by atoms with van der Waals surface area (Å²) in [6.45, 7) is 0. The number of aromatic amines is 1. The van der Waals surface area contributed by atoms with Gasteiger partial charge in [-0.2, -0.15) is 14.9 Å². The van der Waals surface area contributed by atoms with Crippen LogP contribution in [0.15, 0.2) is 59.7 Å². The first-order valence-corrected chi connectivity index (χ1v) is 6.70. The first-order valence-electron chi connectivity index (χ1n) is 6.29. The van der Waals surface area contributed by atoms with Crippen LogP contribution in [0.25, 0.3) is 11.4 Å². The fourth-order valence-electron chi connectivity index (χ4n) is 1.88. The molecule has 0 atom stereocenters. The predicted molar refractivity (Wildman–Crippen MR) is 96.2 cm³/mol. The van der Waals surface area contributed by atoms with Crippen LogP contribution >= 0.6 is 12.2 Å². The van der Waals surface area contributed by atoms with Crippen LogP contribution in [0, 0.1) is 4.77 Å². The molecular formula is C15H19ClCoN4O5S. The minimum atomic E-state index is -0.0856. The molecule has 1 heterocycles. The fraction of sp³-hybridized carbons (Fsp3) is 0. The number of para-hydroxylation sites is 1. The van der Waals surface area contributed by atoms with Crippen molar-refractivity contribution in [3.8, 4) is 17.1 Å². The number of rotatable bonds is 3. The van der Waals surface area contributed by atoms with Gasteiger partial charge < -0.3 is 39.4 Å². The summed E-state index contributed by atoms with van der Waals surface area (Å²) in [5.41, 5.74) is 1.39. The van der Waals surface area contributed by atoms with E-state index in [1.807, 2.05) is 30.3 Å². The number of benzene rings is 2. The maximum atomic E-state index is 11.7. The number of hydrogen-bond donors (Lipinski definition) is 1. The van der Waals surface area contributed by atoms with Gasteiger partial charge in [0.2, 0.25) is 4.77 Å². The van der Waals surface area contributed by atoms with Crippen LogP contribution in [0.1, 0.15) is 5.56 Å². The number of halogens is 1. The molecule has 0 spiro atoms. The SMILES string of the molecule is O.O.O.O.[Cl-].[Co+2].[O-]c1ccccc1/C=N/n1c(-c2ccccc2)n[nH]c1=S. The van der Waals surface area contributed by atoms with Gasteiger partial charge in [-0.1, -0.05) is 60.3 Å². The van der Waals surface area contributed by atoms with Crippen LogP contribution in [0.2, 0.25) is 0 Å². The predicted octanol–water partition coefficient (Wildman–Crippen LogP) is -3.73. The van der Waals surface area contributed by atoms with Gasteiger partial charge in [0.25, 0.3) is 0 Å². The summed E-state index contributed by atoms with van der Waals surface area (Å²) >= 11 is 5.17. The molecule has 27 heavy (non-hydrogen) atoms. The van der Waals surface area contributed by atoms with Crippen LogP contribution in [0.3, 0.4) is 0 Å². The van der Waals surface area contributed by atoms with Gasteiger partial charge in [0.05, 0.1) is 6.21 Å². The molecule has 0 fully saturated rings. The van der Waals surface area contributed by atoms with Crippen molar-refractivity contribution in [2.45, 2.75) is 0 Å². The molecule has 0 bridgehead atoms. The van der Waals surface area contributed by atoms with E-state index in [1.54, 1.807) is 18.2 Å². The van der Waals surface area contributed by atoms with Gasteiger partial charge in [0.1, 0.15) is 0 Å². The van der Waals surface area contributed by atoms with Crippen molar-refractivity contribution in [3.05, 3.63) is 64.9 Å². The largest absolute Gasteiger partial charge is 2.00 e. The third kappa shape index (κ3) is 7.58. The molecule has 0 saturated heterocycles. The Labute approximate surface area is 176 Å². The van der Waals surface area contributed by atoms with E-state index in [0.29, 0.717) is 16.2 Å². The standard InChI is InChI=1S/C15H12N4OS.ClH.Co.4H2O/c20-13-9-5-4-8-12(13)10-16-19-14(17-18-15(19)21)11-6-2-1-3-7-11;;;;;;/h1-10,20H,(H,18,21);1H;;4*1H2/q;;+2;;;;/p-2/b16-10+;;;;;;. The van der Waals surface area contributed by atoms with Crippen LogP contribution in [-0.4, -0.2) is 43.0 Å². The Balaban J connectivity index is -0.000000441.